The highest BCUT2D eigenvalue weighted by Crippen LogP contribution is 2.36. The summed E-state index contributed by atoms with van der Waals surface area (Å²) in [5.74, 6) is 0.629. The van der Waals surface area contributed by atoms with Gasteiger partial charge in [-0.1, -0.05) is 35.7 Å². The second-order valence-electron chi connectivity index (χ2n) is 5.34. The number of aryl methyl sites for hydroxylation is 2. The van der Waals surface area contributed by atoms with Gasteiger partial charge in [0, 0.05) is 19.8 Å². The first-order chi connectivity index (χ1) is 11.5. The van der Waals surface area contributed by atoms with Crippen LogP contribution in [-0.2, 0) is 12.8 Å². The van der Waals surface area contributed by atoms with Crippen LogP contribution in [0.15, 0.2) is 39.2 Å². The van der Waals surface area contributed by atoms with Crippen molar-refractivity contribution in [3.05, 3.63) is 51.4 Å². The maximum absolute atomic E-state index is 12.3. The van der Waals surface area contributed by atoms with Gasteiger partial charge in [-0.15, -0.1) is 0 Å². The lowest BCUT2D eigenvalue weighted by molar-refractivity contribution is 0.684. The molecule has 0 radical (unpaired) electrons. The number of aromatic nitrogens is 2. The van der Waals surface area contributed by atoms with Gasteiger partial charge in [-0.25, -0.2) is 4.68 Å². The number of hydrazone groups is 1. The Morgan fingerprint density at radius 2 is 2.17 bits per heavy atom. The third kappa shape index (κ3) is 3.18. The Bertz CT molecular complexity index is 929. The van der Waals surface area contributed by atoms with Crippen LogP contribution < -0.4 is 10.6 Å². The fraction of sp³-hybridized carbons (Fsp3) is 0.250. The van der Waals surface area contributed by atoms with Crippen molar-refractivity contribution in [2.75, 3.05) is 12.1 Å². The summed E-state index contributed by atoms with van der Waals surface area (Å²) in [7, 11) is 3.43. The maximum Gasteiger partial charge on any atom is 0.282 e. The quantitative estimate of drug-likeness (QED) is 0.823. The van der Waals surface area contributed by atoms with E-state index >= 15 is 0 Å². The Morgan fingerprint density at radius 1 is 1.38 bits per heavy atom. The molecule has 0 bridgehead atoms. The molecule has 0 unspecified atom stereocenters. The minimum absolute atomic E-state index is 0.134. The van der Waals surface area contributed by atoms with Crippen LogP contribution in [0.2, 0.25) is 0 Å². The standard InChI is InChI=1S/C16H15N5OS2/c1-10-4-5-11(12(6-10)7-17)9-23-16-19-20(2)13-8-18-21(3)15(22)14(13)24-16/h4-6,8H,9H2,1-3H3. The topological polar surface area (TPSA) is 74.3 Å². The predicted octanol–water partition coefficient (Wildman–Crippen LogP) is 2.71. The van der Waals surface area contributed by atoms with E-state index in [0.717, 1.165) is 15.5 Å². The molecule has 1 aromatic heterocycles. The van der Waals surface area contributed by atoms with Crippen molar-refractivity contribution in [3.63, 3.8) is 0 Å². The third-order valence-electron chi connectivity index (χ3n) is 3.58. The fourth-order valence-corrected chi connectivity index (χ4v) is 4.46. The van der Waals surface area contributed by atoms with Crippen molar-refractivity contribution in [2.24, 2.45) is 12.1 Å². The minimum atomic E-state index is -0.134. The molecule has 2 aromatic rings. The van der Waals surface area contributed by atoms with Gasteiger partial charge >= 0.3 is 0 Å². The zero-order valence-electron chi connectivity index (χ0n) is 13.5. The van der Waals surface area contributed by atoms with Crippen LogP contribution in [0.5, 0.6) is 0 Å². The Balaban J connectivity index is 1.82. The molecule has 6 nitrogen and oxygen atoms in total. The van der Waals surface area contributed by atoms with Gasteiger partial charge in [0.05, 0.1) is 23.5 Å². The van der Waals surface area contributed by atoms with Crippen LogP contribution in [0, 0.1) is 18.3 Å². The van der Waals surface area contributed by atoms with Crippen LogP contribution in [0.4, 0.5) is 5.69 Å². The molecular formula is C16H15N5OS2. The summed E-state index contributed by atoms with van der Waals surface area (Å²) in [5, 5.41) is 19.5. The molecule has 1 aliphatic rings. The van der Waals surface area contributed by atoms with Crippen LogP contribution in [0.1, 0.15) is 16.7 Å². The SMILES string of the molecule is Cc1ccc(CSC2=NN(C)c3cnn(C)c(=O)c3S2)c(C#N)c1. The highest BCUT2D eigenvalue weighted by atomic mass is 32.2. The zero-order chi connectivity index (χ0) is 17.3. The van der Waals surface area contributed by atoms with Gasteiger partial charge in [0.2, 0.25) is 0 Å². The number of nitriles is 1. The highest BCUT2D eigenvalue weighted by Gasteiger charge is 2.22. The first-order valence-electron chi connectivity index (χ1n) is 7.18. The van der Waals surface area contributed by atoms with E-state index in [1.54, 1.807) is 25.3 Å². The molecule has 0 saturated carbocycles. The molecule has 1 aliphatic heterocycles. The van der Waals surface area contributed by atoms with Gasteiger partial charge in [-0.2, -0.15) is 15.5 Å². The van der Waals surface area contributed by atoms with E-state index in [9.17, 15) is 10.1 Å². The zero-order valence-corrected chi connectivity index (χ0v) is 15.1. The molecule has 0 amide bonds. The van der Waals surface area contributed by atoms with Crippen LogP contribution in [0.25, 0.3) is 0 Å². The van der Waals surface area contributed by atoms with Crippen molar-refractivity contribution in [3.8, 4) is 6.07 Å². The summed E-state index contributed by atoms with van der Waals surface area (Å²) in [6, 6.07) is 8.08. The van der Waals surface area contributed by atoms with E-state index in [-0.39, 0.29) is 5.56 Å². The van der Waals surface area contributed by atoms with E-state index in [2.05, 4.69) is 16.3 Å². The predicted molar refractivity (Wildman–Crippen MR) is 98.4 cm³/mol. The molecule has 1 aromatic carbocycles. The Kier molecular flexibility index (Phi) is 4.64. The molecule has 0 atom stereocenters. The summed E-state index contributed by atoms with van der Waals surface area (Å²) in [4.78, 5) is 12.9. The Hall–Kier alpha value is -2.24. The first-order valence-corrected chi connectivity index (χ1v) is 8.98. The molecule has 0 aliphatic carbocycles. The normalized spacial score (nSPS) is 13.2. The molecule has 2 heterocycles. The second kappa shape index (κ2) is 6.71. The van der Waals surface area contributed by atoms with Crippen LogP contribution in [-0.4, -0.2) is 21.2 Å². The third-order valence-corrected chi connectivity index (χ3v) is 5.81. The number of benzene rings is 1. The maximum atomic E-state index is 12.3. The van der Waals surface area contributed by atoms with Gasteiger partial charge in [0.25, 0.3) is 5.56 Å². The monoisotopic (exact) mass is 357 g/mol. The number of hydrogen-bond donors (Lipinski definition) is 0. The molecule has 0 saturated heterocycles. The number of anilines is 1. The lowest BCUT2D eigenvalue weighted by Gasteiger charge is -2.22. The lowest BCUT2D eigenvalue weighted by Crippen LogP contribution is -2.27. The van der Waals surface area contributed by atoms with Crippen molar-refractivity contribution < 1.29 is 0 Å². The number of rotatable bonds is 2. The van der Waals surface area contributed by atoms with Gasteiger partial charge in [0.1, 0.15) is 4.90 Å². The second-order valence-corrected chi connectivity index (χ2v) is 7.56. The van der Waals surface area contributed by atoms with Gasteiger partial charge in [-0.05, 0) is 24.1 Å². The van der Waals surface area contributed by atoms with Crippen molar-refractivity contribution in [1.82, 2.24) is 9.78 Å². The van der Waals surface area contributed by atoms with E-state index in [0.29, 0.717) is 21.9 Å². The van der Waals surface area contributed by atoms with Gasteiger partial charge in [-0.3, -0.25) is 9.80 Å². The van der Waals surface area contributed by atoms with Gasteiger partial charge < -0.3 is 0 Å². The van der Waals surface area contributed by atoms with Crippen LogP contribution >= 0.6 is 23.5 Å². The van der Waals surface area contributed by atoms with Crippen molar-refractivity contribution in [1.29, 1.82) is 5.26 Å². The van der Waals surface area contributed by atoms with E-state index in [4.69, 9.17) is 0 Å². The largest absolute Gasteiger partial charge is 0.282 e. The Morgan fingerprint density at radius 3 is 2.92 bits per heavy atom. The molecule has 0 fully saturated rings. The lowest BCUT2D eigenvalue weighted by atomic mass is 10.1. The Labute approximate surface area is 148 Å². The van der Waals surface area contributed by atoms with Crippen molar-refractivity contribution >= 4 is 33.6 Å². The van der Waals surface area contributed by atoms with Gasteiger partial charge in [0.15, 0.2) is 4.38 Å². The number of thioether (sulfide) groups is 2. The summed E-state index contributed by atoms with van der Waals surface area (Å²) in [6.07, 6.45) is 1.64. The first kappa shape index (κ1) is 16.6. The summed E-state index contributed by atoms with van der Waals surface area (Å²) in [5.41, 5.74) is 3.28. The molecule has 8 heteroatoms. The number of fused-ring (bicyclic) bond motifs is 1. The van der Waals surface area contributed by atoms with E-state index < -0.39 is 0 Å². The number of nitrogens with zero attached hydrogens (tertiary/aromatic N) is 5. The molecule has 122 valence electrons. The van der Waals surface area contributed by atoms with Crippen molar-refractivity contribution in [2.45, 2.75) is 17.6 Å². The highest BCUT2D eigenvalue weighted by molar-refractivity contribution is 8.38. The summed E-state index contributed by atoms with van der Waals surface area (Å²) >= 11 is 2.87. The minimum Gasteiger partial charge on any atom is -0.266 e. The average Bonchev–Trinajstić information content (AvgIpc) is 2.57. The van der Waals surface area contributed by atoms with Crippen LogP contribution in [0.3, 0.4) is 0 Å². The molecule has 24 heavy (non-hydrogen) atoms. The molecule has 0 N–H and O–H groups in total. The summed E-state index contributed by atoms with van der Waals surface area (Å²) in [6.45, 7) is 1.97. The molecule has 0 spiro atoms. The molecule has 3 rings (SSSR count). The number of hydrogen-bond acceptors (Lipinski definition) is 7. The van der Waals surface area contributed by atoms with E-state index in [1.165, 1.54) is 28.2 Å². The molecular weight excluding hydrogens is 342 g/mol. The smallest absolute Gasteiger partial charge is 0.266 e. The summed E-state index contributed by atoms with van der Waals surface area (Å²) < 4.78 is 2.10. The van der Waals surface area contributed by atoms with E-state index in [1.807, 2.05) is 25.1 Å². The fourth-order valence-electron chi connectivity index (χ4n) is 2.24. The average molecular weight is 357 g/mol.